The molecule has 4 aliphatic rings. The van der Waals surface area contributed by atoms with Crippen LogP contribution in [0, 0.1) is 23.2 Å². The fraction of sp³-hybridized carbons (Fsp3) is 0.650. The Morgan fingerprint density at radius 3 is 2.09 bits per heavy atom. The average Bonchev–Trinajstić information content (AvgIpc) is 2.53. The van der Waals surface area contributed by atoms with Crippen LogP contribution in [0.5, 0.6) is 5.75 Å². The number of ether oxygens (including phenoxy) is 1. The van der Waals surface area contributed by atoms with Crippen LogP contribution >= 0.6 is 0 Å². The van der Waals surface area contributed by atoms with E-state index in [1.807, 2.05) is 24.3 Å². The van der Waals surface area contributed by atoms with Crippen molar-refractivity contribution in [2.24, 2.45) is 23.2 Å². The first-order chi connectivity index (χ1) is 11.1. The molecular formula is C20H27NO2. The zero-order valence-corrected chi connectivity index (χ0v) is 14.2. The number of hydrogen-bond donors (Lipinski definition) is 1. The molecule has 3 heteroatoms. The van der Waals surface area contributed by atoms with Crippen LogP contribution in [0.1, 0.15) is 55.8 Å². The quantitative estimate of drug-likeness (QED) is 0.911. The van der Waals surface area contributed by atoms with Crippen molar-refractivity contribution in [3.8, 4) is 5.75 Å². The molecule has 4 fully saturated rings. The zero-order chi connectivity index (χ0) is 16.0. The van der Waals surface area contributed by atoms with Crippen molar-refractivity contribution in [2.45, 2.75) is 51.5 Å². The molecule has 4 saturated carbocycles. The molecule has 0 radical (unpaired) electrons. The number of benzene rings is 1. The van der Waals surface area contributed by atoms with Crippen LogP contribution in [-0.2, 0) is 0 Å². The minimum absolute atomic E-state index is 0.0518. The van der Waals surface area contributed by atoms with E-state index in [1.54, 1.807) is 7.11 Å². The highest BCUT2D eigenvalue weighted by atomic mass is 16.5. The topological polar surface area (TPSA) is 38.3 Å². The molecule has 5 rings (SSSR count). The minimum atomic E-state index is 0.0518. The van der Waals surface area contributed by atoms with Crippen LogP contribution in [0.3, 0.4) is 0 Å². The second-order valence-corrected chi connectivity index (χ2v) is 8.20. The van der Waals surface area contributed by atoms with Gasteiger partial charge in [-0.3, -0.25) is 4.79 Å². The van der Waals surface area contributed by atoms with Gasteiger partial charge in [0.05, 0.1) is 7.11 Å². The van der Waals surface area contributed by atoms with Crippen molar-refractivity contribution < 1.29 is 9.53 Å². The van der Waals surface area contributed by atoms with Crippen LogP contribution in [-0.4, -0.2) is 19.1 Å². The number of amides is 1. The van der Waals surface area contributed by atoms with Gasteiger partial charge in [0.1, 0.15) is 5.75 Å². The highest BCUT2D eigenvalue weighted by molar-refractivity contribution is 5.94. The smallest absolute Gasteiger partial charge is 0.251 e. The minimum Gasteiger partial charge on any atom is -0.497 e. The molecular weight excluding hydrogens is 286 g/mol. The van der Waals surface area contributed by atoms with E-state index in [1.165, 1.54) is 38.5 Å². The molecule has 0 heterocycles. The molecule has 1 aromatic rings. The summed E-state index contributed by atoms with van der Waals surface area (Å²) in [5.41, 5.74) is 1.08. The standard InChI is InChI=1S/C20H27NO2/c1-13(21-19(22)17-3-5-18(23-2)6-4-17)20-10-14-7-15(11-20)9-16(8-14)12-20/h3-6,13-16H,7-12H2,1-2H3,(H,21,22)/t13-,14?,15?,16?,20?/m0/s1. The van der Waals surface area contributed by atoms with Crippen molar-refractivity contribution in [3.05, 3.63) is 29.8 Å². The van der Waals surface area contributed by atoms with Gasteiger partial charge in [0.2, 0.25) is 0 Å². The fourth-order valence-electron chi connectivity index (χ4n) is 5.88. The van der Waals surface area contributed by atoms with Gasteiger partial charge in [0, 0.05) is 11.6 Å². The van der Waals surface area contributed by atoms with E-state index in [4.69, 9.17) is 4.74 Å². The Labute approximate surface area is 138 Å². The van der Waals surface area contributed by atoms with Gasteiger partial charge in [0.15, 0.2) is 0 Å². The second kappa shape index (κ2) is 5.54. The highest BCUT2D eigenvalue weighted by Gasteiger charge is 2.53. The Kier molecular flexibility index (Phi) is 3.62. The number of carbonyl (C=O) groups is 1. The van der Waals surface area contributed by atoms with Crippen molar-refractivity contribution in [2.75, 3.05) is 7.11 Å². The lowest BCUT2D eigenvalue weighted by molar-refractivity contribution is -0.0688. The van der Waals surface area contributed by atoms with Crippen LogP contribution in [0.25, 0.3) is 0 Å². The van der Waals surface area contributed by atoms with Gasteiger partial charge < -0.3 is 10.1 Å². The summed E-state index contributed by atoms with van der Waals surface area (Å²) >= 11 is 0. The van der Waals surface area contributed by atoms with Crippen molar-refractivity contribution in [3.63, 3.8) is 0 Å². The monoisotopic (exact) mass is 313 g/mol. The van der Waals surface area contributed by atoms with E-state index in [9.17, 15) is 4.79 Å². The molecule has 23 heavy (non-hydrogen) atoms. The maximum absolute atomic E-state index is 12.6. The molecule has 1 amide bonds. The van der Waals surface area contributed by atoms with Gasteiger partial charge in [-0.1, -0.05) is 0 Å². The molecule has 0 spiro atoms. The molecule has 0 aromatic heterocycles. The largest absolute Gasteiger partial charge is 0.497 e. The lowest BCUT2D eigenvalue weighted by Crippen LogP contribution is -2.55. The summed E-state index contributed by atoms with van der Waals surface area (Å²) < 4.78 is 5.16. The third-order valence-corrected chi connectivity index (χ3v) is 6.70. The molecule has 0 aliphatic heterocycles. The van der Waals surface area contributed by atoms with Gasteiger partial charge in [-0.25, -0.2) is 0 Å². The van der Waals surface area contributed by atoms with Gasteiger partial charge in [-0.2, -0.15) is 0 Å². The third kappa shape index (κ3) is 2.64. The Morgan fingerprint density at radius 2 is 1.61 bits per heavy atom. The number of hydrogen-bond acceptors (Lipinski definition) is 2. The maximum Gasteiger partial charge on any atom is 0.251 e. The molecule has 3 nitrogen and oxygen atoms in total. The molecule has 1 aromatic carbocycles. The molecule has 4 bridgehead atoms. The highest BCUT2D eigenvalue weighted by Crippen LogP contribution is 2.61. The van der Waals surface area contributed by atoms with Gasteiger partial charge in [-0.15, -0.1) is 0 Å². The van der Waals surface area contributed by atoms with E-state index in [-0.39, 0.29) is 11.9 Å². The van der Waals surface area contributed by atoms with Gasteiger partial charge >= 0.3 is 0 Å². The van der Waals surface area contributed by atoms with Gasteiger partial charge in [-0.05, 0) is 92.9 Å². The summed E-state index contributed by atoms with van der Waals surface area (Å²) in [7, 11) is 1.64. The van der Waals surface area contributed by atoms with Crippen LogP contribution in [0.4, 0.5) is 0 Å². The van der Waals surface area contributed by atoms with Crippen molar-refractivity contribution >= 4 is 5.91 Å². The summed E-state index contributed by atoms with van der Waals surface area (Å²) in [6.07, 6.45) is 8.30. The third-order valence-electron chi connectivity index (χ3n) is 6.70. The Hall–Kier alpha value is -1.51. The number of carbonyl (C=O) groups excluding carboxylic acids is 1. The second-order valence-electron chi connectivity index (χ2n) is 8.20. The summed E-state index contributed by atoms with van der Waals surface area (Å²) in [6.45, 7) is 2.23. The molecule has 1 atom stereocenters. The summed E-state index contributed by atoms with van der Waals surface area (Å²) in [5.74, 6) is 3.59. The molecule has 4 aliphatic carbocycles. The SMILES string of the molecule is COc1ccc(C(=O)N[C@@H](C)C23CC4CC(CC(C4)C2)C3)cc1. The first-order valence-electron chi connectivity index (χ1n) is 9.03. The normalized spacial score (nSPS) is 35.8. The van der Waals surface area contributed by atoms with Crippen molar-refractivity contribution in [1.82, 2.24) is 5.32 Å². The van der Waals surface area contributed by atoms with Crippen LogP contribution in [0.15, 0.2) is 24.3 Å². The predicted molar refractivity (Wildman–Crippen MR) is 90.5 cm³/mol. The van der Waals surface area contributed by atoms with E-state index >= 15 is 0 Å². The van der Waals surface area contributed by atoms with Crippen LogP contribution < -0.4 is 10.1 Å². The Balaban J connectivity index is 1.46. The molecule has 0 unspecified atom stereocenters. The summed E-state index contributed by atoms with van der Waals surface area (Å²) in [4.78, 5) is 12.6. The number of nitrogens with one attached hydrogen (secondary N) is 1. The van der Waals surface area contributed by atoms with E-state index in [2.05, 4.69) is 12.2 Å². The predicted octanol–water partition coefficient (Wildman–Crippen LogP) is 4.03. The Morgan fingerprint density at radius 1 is 1.09 bits per heavy atom. The van der Waals surface area contributed by atoms with Crippen LogP contribution in [0.2, 0.25) is 0 Å². The summed E-state index contributed by atoms with van der Waals surface area (Å²) in [6, 6.07) is 7.67. The van der Waals surface area contributed by atoms with E-state index in [0.717, 1.165) is 29.1 Å². The maximum atomic E-state index is 12.6. The average molecular weight is 313 g/mol. The lowest BCUT2D eigenvalue weighted by Gasteiger charge is -2.59. The first-order valence-corrected chi connectivity index (χ1v) is 9.03. The Bertz CT molecular complexity index is 557. The molecule has 124 valence electrons. The van der Waals surface area contributed by atoms with Gasteiger partial charge in [0.25, 0.3) is 5.91 Å². The zero-order valence-electron chi connectivity index (χ0n) is 14.2. The van der Waals surface area contributed by atoms with E-state index in [0.29, 0.717) is 5.41 Å². The first kappa shape index (κ1) is 15.0. The lowest BCUT2D eigenvalue weighted by atomic mass is 9.48. The number of methoxy groups -OCH3 is 1. The van der Waals surface area contributed by atoms with Crippen molar-refractivity contribution in [1.29, 1.82) is 0 Å². The summed E-state index contributed by atoms with van der Waals surface area (Å²) in [5, 5.41) is 3.31. The van der Waals surface area contributed by atoms with E-state index < -0.39 is 0 Å². The fourth-order valence-corrected chi connectivity index (χ4v) is 5.88. The molecule has 0 saturated heterocycles. The molecule has 1 N–H and O–H groups in total. The number of rotatable bonds is 4.